The first-order chi connectivity index (χ1) is 10.3. The Kier molecular flexibility index (Phi) is 4.88. The highest BCUT2D eigenvalue weighted by molar-refractivity contribution is 5.79. The van der Waals surface area contributed by atoms with Crippen molar-refractivity contribution in [3.63, 3.8) is 0 Å². The molecule has 1 amide bonds. The maximum absolute atomic E-state index is 12.1. The van der Waals surface area contributed by atoms with E-state index in [4.69, 9.17) is 4.74 Å². The summed E-state index contributed by atoms with van der Waals surface area (Å²) >= 11 is 0. The molecule has 0 aliphatic carbocycles. The number of carbonyl (C=O) groups excluding carboxylic acids is 1. The molecule has 0 spiro atoms. The Balaban J connectivity index is 1.58. The van der Waals surface area contributed by atoms with E-state index in [1.807, 2.05) is 18.2 Å². The first-order valence-corrected chi connectivity index (χ1v) is 7.99. The molecule has 1 aromatic rings. The van der Waals surface area contributed by atoms with Gasteiger partial charge in [0.05, 0.1) is 12.0 Å². The third-order valence-electron chi connectivity index (χ3n) is 4.54. The van der Waals surface area contributed by atoms with Gasteiger partial charge in [0.2, 0.25) is 5.91 Å². The number of amides is 1. The normalized spacial score (nSPS) is 29.2. The van der Waals surface area contributed by atoms with Crippen molar-refractivity contribution in [2.45, 2.75) is 25.4 Å². The summed E-state index contributed by atoms with van der Waals surface area (Å²) in [7, 11) is 0. The average molecular weight is 288 g/mol. The zero-order chi connectivity index (χ0) is 14.5. The van der Waals surface area contributed by atoms with Gasteiger partial charge in [-0.25, -0.2) is 0 Å². The first kappa shape index (κ1) is 14.5. The van der Waals surface area contributed by atoms with E-state index in [0.717, 1.165) is 45.5 Å². The van der Waals surface area contributed by atoms with E-state index in [1.165, 1.54) is 5.56 Å². The fraction of sp³-hybridized carbons (Fsp3) is 0.588. The Morgan fingerprint density at radius 2 is 2.14 bits per heavy atom. The van der Waals surface area contributed by atoms with E-state index in [0.29, 0.717) is 5.92 Å². The topological polar surface area (TPSA) is 50.4 Å². The predicted octanol–water partition coefficient (Wildman–Crippen LogP) is 1.88. The van der Waals surface area contributed by atoms with Gasteiger partial charge in [0.1, 0.15) is 0 Å². The molecule has 114 valence electrons. The highest BCUT2D eigenvalue weighted by Gasteiger charge is 2.29. The Morgan fingerprint density at radius 3 is 2.90 bits per heavy atom. The molecule has 2 N–H and O–H groups in total. The SMILES string of the molecule is O=C(NCC1CCCOC1c1ccccc1)C1CCNC1. The molecule has 4 nitrogen and oxygen atoms in total. The lowest BCUT2D eigenvalue weighted by atomic mass is 9.89. The van der Waals surface area contributed by atoms with Crippen molar-refractivity contribution in [3.05, 3.63) is 35.9 Å². The van der Waals surface area contributed by atoms with Gasteiger partial charge in [-0.15, -0.1) is 0 Å². The fourth-order valence-corrected chi connectivity index (χ4v) is 3.32. The second-order valence-electron chi connectivity index (χ2n) is 6.04. The van der Waals surface area contributed by atoms with Gasteiger partial charge in [0, 0.05) is 25.6 Å². The standard InChI is InChI=1S/C17H24N2O2/c20-17(15-8-9-18-11-15)19-12-14-7-4-10-21-16(14)13-5-2-1-3-6-13/h1-3,5-6,14-16,18H,4,7-12H2,(H,19,20). The summed E-state index contributed by atoms with van der Waals surface area (Å²) in [5.41, 5.74) is 1.22. The molecule has 0 bridgehead atoms. The number of hydrogen-bond donors (Lipinski definition) is 2. The molecule has 2 aliphatic rings. The number of hydrogen-bond acceptors (Lipinski definition) is 3. The maximum Gasteiger partial charge on any atom is 0.224 e. The average Bonchev–Trinajstić information content (AvgIpc) is 3.08. The van der Waals surface area contributed by atoms with Crippen LogP contribution in [0.2, 0.25) is 0 Å². The largest absolute Gasteiger partial charge is 0.373 e. The number of nitrogens with one attached hydrogen (secondary N) is 2. The molecule has 3 unspecified atom stereocenters. The molecule has 1 aromatic carbocycles. The van der Waals surface area contributed by atoms with Crippen LogP contribution in [0.1, 0.15) is 30.9 Å². The van der Waals surface area contributed by atoms with Gasteiger partial charge in [-0.3, -0.25) is 4.79 Å². The van der Waals surface area contributed by atoms with Gasteiger partial charge in [0.25, 0.3) is 0 Å². The summed E-state index contributed by atoms with van der Waals surface area (Å²) in [6.07, 6.45) is 3.26. The third-order valence-corrected chi connectivity index (χ3v) is 4.54. The molecule has 4 heteroatoms. The zero-order valence-corrected chi connectivity index (χ0v) is 12.4. The summed E-state index contributed by atoms with van der Waals surface area (Å²) in [6.45, 7) is 3.30. The van der Waals surface area contributed by atoms with Crippen LogP contribution in [0, 0.1) is 11.8 Å². The van der Waals surface area contributed by atoms with Crippen LogP contribution in [0.15, 0.2) is 30.3 Å². The van der Waals surface area contributed by atoms with Gasteiger partial charge in [-0.2, -0.15) is 0 Å². The second kappa shape index (κ2) is 7.05. The smallest absolute Gasteiger partial charge is 0.224 e. The molecule has 2 saturated heterocycles. The monoisotopic (exact) mass is 288 g/mol. The Labute approximate surface area is 126 Å². The molecule has 3 atom stereocenters. The number of ether oxygens (including phenoxy) is 1. The van der Waals surface area contributed by atoms with Crippen molar-refractivity contribution in [3.8, 4) is 0 Å². The van der Waals surface area contributed by atoms with Crippen molar-refractivity contribution < 1.29 is 9.53 Å². The molecule has 2 fully saturated rings. The molecule has 0 aromatic heterocycles. The molecule has 21 heavy (non-hydrogen) atoms. The minimum atomic E-state index is 0.113. The highest BCUT2D eigenvalue weighted by atomic mass is 16.5. The van der Waals surface area contributed by atoms with Gasteiger partial charge < -0.3 is 15.4 Å². The second-order valence-corrected chi connectivity index (χ2v) is 6.04. The van der Waals surface area contributed by atoms with Crippen molar-refractivity contribution in [2.75, 3.05) is 26.2 Å². The molecule has 0 radical (unpaired) electrons. The quantitative estimate of drug-likeness (QED) is 0.889. The number of carbonyl (C=O) groups is 1. The van der Waals surface area contributed by atoms with E-state index < -0.39 is 0 Å². The lowest BCUT2D eigenvalue weighted by molar-refractivity contribution is -0.125. The lowest BCUT2D eigenvalue weighted by Gasteiger charge is -2.32. The highest BCUT2D eigenvalue weighted by Crippen LogP contribution is 2.33. The van der Waals surface area contributed by atoms with E-state index in [2.05, 4.69) is 22.8 Å². The van der Waals surface area contributed by atoms with Crippen molar-refractivity contribution in [2.24, 2.45) is 11.8 Å². The summed E-state index contributed by atoms with van der Waals surface area (Å²) < 4.78 is 5.97. The molecular weight excluding hydrogens is 264 g/mol. The molecular formula is C17H24N2O2. The van der Waals surface area contributed by atoms with E-state index in [-0.39, 0.29) is 17.9 Å². The van der Waals surface area contributed by atoms with Crippen molar-refractivity contribution in [1.29, 1.82) is 0 Å². The molecule has 2 aliphatic heterocycles. The molecule has 2 heterocycles. The predicted molar refractivity (Wildman–Crippen MR) is 81.8 cm³/mol. The third kappa shape index (κ3) is 3.63. The van der Waals surface area contributed by atoms with E-state index in [9.17, 15) is 4.79 Å². The van der Waals surface area contributed by atoms with E-state index in [1.54, 1.807) is 0 Å². The fourth-order valence-electron chi connectivity index (χ4n) is 3.32. The maximum atomic E-state index is 12.1. The number of rotatable bonds is 4. The zero-order valence-electron chi connectivity index (χ0n) is 12.4. The van der Waals surface area contributed by atoms with Gasteiger partial charge in [-0.1, -0.05) is 30.3 Å². The summed E-state index contributed by atoms with van der Waals surface area (Å²) in [6, 6.07) is 10.4. The molecule has 3 rings (SSSR count). The van der Waals surface area contributed by atoms with Crippen LogP contribution in [-0.4, -0.2) is 32.1 Å². The molecule has 0 saturated carbocycles. The van der Waals surface area contributed by atoms with Crippen molar-refractivity contribution in [1.82, 2.24) is 10.6 Å². The van der Waals surface area contributed by atoms with Crippen LogP contribution in [0.5, 0.6) is 0 Å². The van der Waals surface area contributed by atoms with Gasteiger partial charge in [-0.05, 0) is 31.4 Å². The Morgan fingerprint density at radius 1 is 1.29 bits per heavy atom. The van der Waals surface area contributed by atoms with Crippen LogP contribution in [0.4, 0.5) is 0 Å². The van der Waals surface area contributed by atoms with E-state index >= 15 is 0 Å². The minimum Gasteiger partial charge on any atom is -0.373 e. The lowest BCUT2D eigenvalue weighted by Crippen LogP contribution is -2.38. The van der Waals surface area contributed by atoms with Crippen molar-refractivity contribution >= 4 is 5.91 Å². The van der Waals surface area contributed by atoms with Crippen LogP contribution in [-0.2, 0) is 9.53 Å². The summed E-state index contributed by atoms with van der Waals surface area (Å²) in [4.78, 5) is 12.1. The Hall–Kier alpha value is -1.39. The van der Waals surface area contributed by atoms with Crippen LogP contribution in [0.25, 0.3) is 0 Å². The van der Waals surface area contributed by atoms with Gasteiger partial charge in [0.15, 0.2) is 0 Å². The van der Waals surface area contributed by atoms with Crippen LogP contribution >= 0.6 is 0 Å². The van der Waals surface area contributed by atoms with Crippen LogP contribution in [0.3, 0.4) is 0 Å². The summed E-state index contributed by atoms with van der Waals surface area (Å²) in [5.74, 6) is 0.710. The minimum absolute atomic E-state index is 0.113. The Bertz CT molecular complexity index is 457. The summed E-state index contributed by atoms with van der Waals surface area (Å²) in [5, 5.41) is 6.38. The first-order valence-electron chi connectivity index (χ1n) is 7.99. The van der Waals surface area contributed by atoms with Crippen LogP contribution < -0.4 is 10.6 Å². The van der Waals surface area contributed by atoms with Gasteiger partial charge >= 0.3 is 0 Å². The number of benzene rings is 1.